The molecule has 0 radical (unpaired) electrons. The molecule has 140 valence electrons. The van der Waals surface area contributed by atoms with Crippen LogP contribution in [-0.4, -0.2) is 15.6 Å². The van der Waals surface area contributed by atoms with Crippen LogP contribution in [0, 0.1) is 6.92 Å². The number of benzene rings is 4. The van der Waals surface area contributed by atoms with Gasteiger partial charge in [-0.25, -0.2) is 4.68 Å². The molecule has 4 heteroatoms. The Balaban J connectivity index is 1.61. The van der Waals surface area contributed by atoms with Crippen LogP contribution < -0.4 is 5.56 Å². The van der Waals surface area contributed by atoms with Crippen LogP contribution in [0.2, 0.25) is 0 Å². The molecule has 0 fully saturated rings. The largest absolute Gasteiger partial charge is 0.295 e. The third-order valence-electron chi connectivity index (χ3n) is 5.30. The Kier molecular flexibility index (Phi) is 3.91. The molecule has 0 spiro atoms. The van der Waals surface area contributed by atoms with Crippen molar-refractivity contribution in [3.8, 4) is 5.69 Å². The van der Waals surface area contributed by atoms with Gasteiger partial charge in [0, 0.05) is 11.3 Å². The van der Waals surface area contributed by atoms with Crippen molar-refractivity contribution in [2.75, 3.05) is 0 Å². The zero-order chi connectivity index (χ0) is 20.0. The van der Waals surface area contributed by atoms with E-state index in [1.54, 1.807) is 13.0 Å². The number of aromatic nitrogens is 2. The van der Waals surface area contributed by atoms with Crippen molar-refractivity contribution in [3.63, 3.8) is 0 Å². The van der Waals surface area contributed by atoms with Gasteiger partial charge in [0.1, 0.15) is 5.56 Å². The number of nitrogens with zero attached hydrogens (tertiary/aromatic N) is 1. The summed E-state index contributed by atoms with van der Waals surface area (Å²) in [5.74, 6) is -0.269. The summed E-state index contributed by atoms with van der Waals surface area (Å²) < 4.78 is 1.44. The number of fused-ring (bicyclic) bond motifs is 2. The van der Waals surface area contributed by atoms with Crippen LogP contribution in [0.4, 0.5) is 0 Å². The molecule has 0 unspecified atom stereocenters. The van der Waals surface area contributed by atoms with Crippen LogP contribution in [-0.2, 0) is 0 Å². The molecule has 1 aromatic heterocycles. The second-order valence-electron chi connectivity index (χ2n) is 7.17. The van der Waals surface area contributed by atoms with Crippen LogP contribution in [0.3, 0.4) is 0 Å². The maximum absolute atomic E-state index is 13.2. The Morgan fingerprint density at radius 2 is 1.34 bits per heavy atom. The van der Waals surface area contributed by atoms with E-state index in [0.717, 1.165) is 21.5 Å². The molecule has 4 nitrogen and oxygen atoms in total. The lowest BCUT2D eigenvalue weighted by Crippen LogP contribution is -2.20. The number of hydrogen-bond acceptors (Lipinski definition) is 2. The van der Waals surface area contributed by atoms with Gasteiger partial charge in [-0.2, -0.15) is 0 Å². The maximum Gasteiger partial charge on any atom is 0.282 e. The minimum absolute atomic E-state index is 0.174. The zero-order valence-electron chi connectivity index (χ0n) is 15.8. The number of H-pyrrole nitrogens is 1. The Labute approximate surface area is 167 Å². The number of aryl methyl sites for hydroxylation is 1. The second-order valence-corrected chi connectivity index (χ2v) is 7.17. The summed E-state index contributed by atoms with van der Waals surface area (Å²) in [6, 6.07) is 27.1. The van der Waals surface area contributed by atoms with E-state index in [2.05, 4.69) is 5.10 Å². The molecule has 0 atom stereocenters. The van der Waals surface area contributed by atoms with Crippen LogP contribution in [0.5, 0.6) is 0 Å². The number of rotatable bonds is 3. The normalized spacial score (nSPS) is 11.2. The molecule has 4 aromatic carbocycles. The molecule has 0 saturated heterocycles. The minimum Gasteiger partial charge on any atom is -0.295 e. The topological polar surface area (TPSA) is 54.9 Å². The highest BCUT2D eigenvalue weighted by molar-refractivity contribution is 6.11. The van der Waals surface area contributed by atoms with Gasteiger partial charge in [0.15, 0.2) is 5.78 Å². The van der Waals surface area contributed by atoms with Crippen molar-refractivity contribution < 1.29 is 4.79 Å². The van der Waals surface area contributed by atoms with Crippen LogP contribution in [0.1, 0.15) is 21.6 Å². The molecular formula is C25H18N2O2. The molecule has 5 rings (SSSR count). The molecule has 1 heterocycles. The third-order valence-corrected chi connectivity index (χ3v) is 5.30. The first-order valence-electron chi connectivity index (χ1n) is 9.46. The summed E-state index contributed by atoms with van der Waals surface area (Å²) >= 11 is 0. The lowest BCUT2D eigenvalue weighted by atomic mass is 10.0. The summed E-state index contributed by atoms with van der Waals surface area (Å²) in [7, 11) is 0. The van der Waals surface area contributed by atoms with Gasteiger partial charge in [0.2, 0.25) is 0 Å². The highest BCUT2D eigenvalue weighted by Gasteiger charge is 2.21. The quantitative estimate of drug-likeness (QED) is 0.449. The highest BCUT2D eigenvalue weighted by Crippen LogP contribution is 2.20. The van der Waals surface area contributed by atoms with Gasteiger partial charge in [-0.15, -0.1) is 0 Å². The van der Waals surface area contributed by atoms with E-state index in [1.807, 2.05) is 78.9 Å². The van der Waals surface area contributed by atoms with Crippen molar-refractivity contribution in [1.29, 1.82) is 0 Å². The Bertz CT molecular complexity index is 1460. The van der Waals surface area contributed by atoms with E-state index < -0.39 is 0 Å². The Morgan fingerprint density at radius 1 is 0.759 bits per heavy atom. The number of ketones is 1. The molecule has 5 aromatic rings. The first-order valence-corrected chi connectivity index (χ1v) is 9.46. The summed E-state index contributed by atoms with van der Waals surface area (Å²) in [4.78, 5) is 26.3. The third kappa shape index (κ3) is 2.86. The van der Waals surface area contributed by atoms with Crippen molar-refractivity contribution in [2.45, 2.75) is 6.92 Å². The average molecular weight is 378 g/mol. The van der Waals surface area contributed by atoms with E-state index >= 15 is 0 Å². The van der Waals surface area contributed by atoms with E-state index in [9.17, 15) is 9.59 Å². The summed E-state index contributed by atoms with van der Waals surface area (Å²) in [5.41, 5.74) is 1.61. The number of aromatic amines is 1. The molecule has 0 aliphatic heterocycles. The monoisotopic (exact) mass is 378 g/mol. The van der Waals surface area contributed by atoms with Crippen molar-refractivity contribution in [1.82, 2.24) is 9.78 Å². The van der Waals surface area contributed by atoms with E-state index in [1.165, 1.54) is 4.68 Å². The van der Waals surface area contributed by atoms with Crippen molar-refractivity contribution in [2.24, 2.45) is 0 Å². The van der Waals surface area contributed by atoms with Crippen LogP contribution in [0.25, 0.3) is 27.2 Å². The maximum atomic E-state index is 13.2. The first kappa shape index (κ1) is 17.2. The number of carbonyl (C=O) groups excluding carboxylic acids is 1. The fraction of sp³-hybridized carbons (Fsp3) is 0.0400. The summed E-state index contributed by atoms with van der Waals surface area (Å²) in [5, 5.41) is 7.23. The lowest BCUT2D eigenvalue weighted by molar-refractivity contribution is 0.103. The molecule has 0 amide bonds. The molecule has 0 saturated carbocycles. The van der Waals surface area contributed by atoms with E-state index in [-0.39, 0.29) is 16.9 Å². The van der Waals surface area contributed by atoms with Crippen LogP contribution >= 0.6 is 0 Å². The minimum atomic E-state index is -0.337. The molecule has 29 heavy (non-hydrogen) atoms. The first-order chi connectivity index (χ1) is 14.1. The van der Waals surface area contributed by atoms with Gasteiger partial charge < -0.3 is 0 Å². The molecule has 0 bridgehead atoms. The van der Waals surface area contributed by atoms with Gasteiger partial charge in [0.25, 0.3) is 5.56 Å². The van der Waals surface area contributed by atoms with Gasteiger partial charge in [-0.1, -0.05) is 66.7 Å². The Hall–Kier alpha value is -3.92. The van der Waals surface area contributed by atoms with Gasteiger partial charge >= 0.3 is 0 Å². The number of hydrogen-bond donors (Lipinski definition) is 1. The molecule has 1 N–H and O–H groups in total. The van der Waals surface area contributed by atoms with Crippen molar-refractivity contribution in [3.05, 3.63) is 112 Å². The molecule has 0 aliphatic carbocycles. The van der Waals surface area contributed by atoms with Gasteiger partial charge in [-0.3, -0.25) is 14.7 Å². The second kappa shape index (κ2) is 6.60. The SMILES string of the molecule is Cc1[nH]n(-c2ccc3ccccc3c2)c(=O)c1C(=O)c1ccc2ccccc2c1. The van der Waals surface area contributed by atoms with Crippen LogP contribution in [0.15, 0.2) is 89.7 Å². The fourth-order valence-electron chi connectivity index (χ4n) is 3.79. The average Bonchev–Trinajstić information content (AvgIpc) is 3.06. The summed E-state index contributed by atoms with van der Waals surface area (Å²) in [6.45, 7) is 1.76. The predicted octanol–water partition coefficient (Wildman–Crippen LogP) is 5.01. The van der Waals surface area contributed by atoms with E-state index in [0.29, 0.717) is 16.9 Å². The predicted molar refractivity (Wildman–Crippen MR) is 116 cm³/mol. The standard InChI is InChI=1S/C25H18N2O2/c1-16-23(24(28)21-11-10-17-6-2-4-8-19(17)14-21)25(29)27(26-16)22-13-12-18-7-3-5-9-20(18)15-22/h2-15,26H,1H3. The fourth-order valence-corrected chi connectivity index (χ4v) is 3.79. The lowest BCUT2D eigenvalue weighted by Gasteiger charge is -2.04. The molecular weight excluding hydrogens is 360 g/mol. The Morgan fingerprint density at radius 3 is 2.03 bits per heavy atom. The van der Waals surface area contributed by atoms with E-state index in [4.69, 9.17) is 0 Å². The van der Waals surface area contributed by atoms with Gasteiger partial charge in [-0.05, 0) is 46.7 Å². The highest BCUT2D eigenvalue weighted by atomic mass is 16.2. The summed E-state index contributed by atoms with van der Waals surface area (Å²) in [6.07, 6.45) is 0. The number of carbonyl (C=O) groups is 1. The molecule has 0 aliphatic rings. The smallest absolute Gasteiger partial charge is 0.282 e. The van der Waals surface area contributed by atoms with Crippen molar-refractivity contribution >= 4 is 27.3 Å². The number of nitrogens with one attached hydrogen (secondary N) is 1. The van der Waals surface area contributed by atoms with Gasteiger partial charge in [0.05, 0.1) is 5.69 Å². The zero-order valence-corrected chi connectivity index (χ0v) is 15.8.